The first-order valence-corrected chi connectivity index (χ1v) is 16.5. The minimum absolute atomic E-state index is 0.0589. The maximum Gasteiger partial charge on any atom is 0.331 e. The van der Waals surface area contributed by atoms with Crippen molar-refractivity contribution in [2.24, 2.45) is 0 Å². The van der Waals surface area contributed by atoms with Gasteiger partial charge in [-0.15, -0.1) is 0 Å². The van der Waals surface area contributed by atoms with Crippen molar-refractivity contribution in [2.75, 3.05) is 72.9 Å². The highest BCUT2D eigenvalue weighted by Gasteiger charge is 2.20. The highest BCUT2D eigenvalue weighted by atomic mass is 16.5. The average molecular weight is 717 g/mol. The van der Waals surface area contributed by atoms with Crippen LogP contribution in [0.25, 0.3) is 0 Å². The maximum absolute atomic E-state index is 13.3. The SMILES string of the molecule is CCC(=O)NCc1cccc(C(=O)N(CCOC)CCO[C@@H](C)C(=O)NCc2cccc(C(=O)N(CCOC(=O)CO)CCOC(=O)CO)c2)c1. The van der Waals surface area contributed by atoms with Gasteiger partial charge in [0.15, 0.2) is 0 Å². The van der Waals surface area contributed by atoms with E-state index in [1.807, 2.05) is 6.07 Å². The van der Waals surface area contributed by atoms with E-state index in [0.29, 0.717) is 37.2 Å². The van der Waals surface area contributed by atoms with Crippen LogP contribution in [0.5, 0.6) is 0 Å². The molecule has 0 radical (unpaired) electrons. The minimum Gasteiger partial charge on any atom is -0.462 e. The van der Waals surface area contributed by atoms with Crippen molar-refractivity contribution in [1.29, 1.82) is 0 Å². The van der Waals surface area contributed by atoms with Crippen LogP contribution in [0, 0.1) is 0 Å². The van der Waals surface area contributed by atoms with Gasteiger partial charge in [0.05, 0.1) is 26.3 Å². The minimum atomic E-state index is -0.863. The van der Waals surface area contributed by atoms with E-state index in [1.54, 1.807) is 61.2 Å². The Labute approximate surface area is 297 Å². The normalized spacial score (nSPS) is 11.2. The summed E-state index contributed by atoms with van der Waals surface area (Å²) >= 11 is 0. The Morgan fingerprint density at radius 2 is 1.18 bits per heavy atom. The zero-order valence-electron chi connectivity index (χ0n) is 29.3. The molecule has 16 nitrogen and oxygen atoms in total. The summed E-state index contributed by atoms with van der Waals surface area (Å²) in [6, 6.07) is 13.5. The van der Waals surface area contributed by atoms with Gasteiger partial charge in [0.2, 0.25) is 11.8 Å². The third-order valence-electron chi connectivity index (χ3n) is 7.37. The van der Waals surface area contributed by atoms with E-state index in [1.165, 1.54) is 12.0 Å². The molecule has 51 heavy (non-hydrogen) atoms. The molecular formula is C35H48N4O12. The molecule has 16 heteroatoms. The number of esters is 2. The van der Waals surface area contributed by atoms with Crippen LogP contribution in [0.1, 0.15) is 52.1 Å². The van der Waals surface area contributed by atoms with Gasteiger partial charge in [-0.3, -0.25) is 19.2 Å². The number of nitrogens with one attached hydrogen (secondary N) is 2. The summed E-state index contributed by atoms with van der Waals surface area (Å²) in [5.74, 6) is -2.95. The molecule has 0 aromatic heterocycles. The third-order valence-corrected chi connectivity index (χ3v) is 7.37. The molecule has 4 amide bonds. The van der Waals surface area contributed by atoms with Gasteiger partial charge in [-0.1, -0.05) is 31.2 Å². The van der Waals surface area contributed by atoms with Crippen molar-refractivity contribution in [2.45, 2.75) is 39.5 Å². The number of rotatable bonds is 23. The molecule has 1 atom stereocenters. The summed E-state index contributed by atoms with van der Waals surface area (Å²) in [4.78, 5) is 76.6. The van der Waals surface area contributed by atoms with Crippen molar-refractivity contribution in [3.8, 4) is 0 Å². The van der Waals surface area contributed by atoms with Gasteiger partial charge in [-0.25, -0.2) is 9.59 Å². The van der Waals surface area contributed by atoms with Gasteiger partial charge in [0, 0.05) is 50.8 Å². The predicted molar refractivity (Wildman–Crippen MR) is 182 cm³/mol. The molecule has 4 N–H and O–H groups in total. The van der Waals surface area contributed by atoms with E-state index < -0.39 is 43.1 Å². The van der Waals surface area contributed by atoms with E-state index in [9.17, 15) is 28.8 Å². The van der Waals surface area contributed by atoms with E-state index in [2.05, 4.69) is 10.6 Å². The molecule has 0 aliphatic heterocycles. The van der Waals surface area contributed by atoms with Crippen molar-refractivity contribution in [1.82, 2.24) is 20.4 Å². The number of aliphatic hydroxyl groups is 2. The largest absolute Gasteiger partial charge is 0.462 e. The Hall–Kier alpha value is -4.90. The Morgan fingerprint density at radius 3 is 1.65 bits per heavy atom. The number of amides is 4. The number of hydrogen-bond acceptors (Lipinski definition) is 12. The molecule has 0 aliphatic rings. The molecule has 280 valence electrons. The molecule has 0 heterocycles. The van der Waals surface area contributed by atoms with Crippen molar-refractivity contribution in [3.63, 3.8) is 0 Å². The molecule has 0 saturated heterocycles. The predicted octanol–water partition coefficient (Wildman–Crippen LogP) is 0.0361. The lowest BCUT2D eigenvalue weighted by Gasteiger charge is -2.24. The highest BCUT2D eigenvalue weighted by molar-refractivity contribution is 5.95. The molecule has 0 bridgehead atoms. The number of aliphatic hydroxyl groups excluding tert-OH is 2. The van der Waals surface area contributed by atoms with E-state index in [4.69, 9.17) is 29.2 Å². The topological polar surface area (TPSA) is 210 Å². The van der Waals surface area contributed by atoms with Crippen LogP contribution in [0.4, 0.5) is 0 Å². The number of methoxy groups -OCH3 is 1. The second-order valence-electron chi connectivity index (χ2n) is 11.1. The van der Waals surface area contributed by atoms with Crippen molar-refractivity contribution in [3.05, 3.63) is 70.8 Å². The fraction of sp³-hybridized carbons (Fsp3) is 0.486. The Bertz CT molecular complexity index is 1430. The van der Waals surface area contributed by atoms with Gasteiger partial charge >= 0.3 is 11.9 Å². The third kappa shape index (κ3) is 15.7. The Kier molecular flexibility index (Phi) is 19.5. The van der Waals surface area contributed by atoms with Crippen LogP contribution in [-0.4, -0.2) is 135 Å². The Balaban J connectivity index is 1.95. The van der Waals surface area contributed by atoms with Gasteiger partial charge in [-0.05, 0) is 42.3 Å². The van der Waals surface area contributed by atoms with E-state index in [0.717, 1.165) is 5.56 Å². The number of benzene rings is 2. The molecule has 2 aromatic rings. The zero-order chi connectivity index (χ0) is 37.6. The van der Waals surface area contributed by atoms with Crippen LogP contribution in [-0.2, 0) is 51.2 Å². The second-order valence-corrected chi connectivity index (χ2v) is 11.1. The van der Waals surface area contributed by atoms with Crippen molar-refractivity contribution >= 4 is 35.6 Å². The van der Waals surface area contributed by atoms with Crippen LogP contribution < -0.4 is 10.6 Å². The monoisotopic (exact) mass is 716 g/mol. The van der Waals surface area contributed by atoms with E-state index in [-0.39, 0.29) is 63.4 Å². The number of carbonyl (C=O) groups is 6. The maximum atomic E-state index is 13.3. The summed E-state index contributed by atoms with van der Waals surface area (Å²) in [5, 5.41) is 23.3. The molecule has 0 unspecified atom stereocenters. The van der Waals surface area contributed by atoms with Crippen LogP contribution in [0.3, 0.4) is 0 Å². The van der Waals surface area contributed by atoms with Crippen LogP contribution in [0.2, 0.25) is 0 Å². The lowest BCUT2D eigenvalue weighted by molar-refractivity contribution is -0.147. The zero-order valence-corrected chi connectivity index (χ0v) is 29.3. The molecule has 2 aromatic carbocycles. The van der Waals surface area contributed by atoms with Gasteiger partial charge < -0.3 is 49.6 Å². The second kappa shape index (κ2) is 23.5. The van der Waals surface area contributed by atoms with Gasteiger partial charge in [0.25, 0.3) is 11.8 Å². The van der Waals surface area contributed by atoms with Gasteiger partial charge in [0.1, 0.15) is 32.5 Å². The molecule has 0 saturated carbocycles. The summed E-state index contributed by atoms with van der Waals surface area (Å²) in [5.41, 5.74) is 2.09. The first kappa shape index (κ1) is 42.3. The molecule has 0 aliphatic carbocycles. The average Bonchev–Trinajstić information content (AvgIpc) is 3.15. The quantitative estimate of drug-likeness (QED) is 0.112. The summed E-state index contributed by atoms with van der Waals surface area (Å²) in [6.45, 7) is 2.39. The number of hydrogen-bond donors (Lipinski definition) is 4. The van der Waals surface area contributed by atoms with E-state index >= 15 is 0 Å². The standard InChI is InChI=1S/C35H48N4O12/c1-4-30(42)36-21-26-7-5-9-28(19-26)34(46)38(11-15-48-3)12-16-49-25(2)33(45)37-22-27-8-6-10-29(20-27)35(47)39(13-17-50-31(43)23-40)14-18-51-32(44)24-41/h5-10,19-20,25,40-41H,4,11-18,21-24H2,1-3H3,(H,36,42)(H,37,45)/t25-/m0/s1. The Morgan fingerprint density at radius 1 is 0.706 bits per heavy atom. The first-order valence-electron chi connectivity index (χ1n) is 16.5. The summed E-state index contributed by atoms with van der Waals surface area (Å²) in [6.07, 6.45) is -0.503. The first-order chi connectivity index (χ1) is 24.5. The highest BCUT2D eigenvalue weighted by Crippen LogP contribution is 2.11. The summed E-state index contributed by atoms with van der Waals surface area (Å²) < 4.78 is 20.6. The fourth-order valence-corrected chi connectivity index (χ4v) is 4.53. The lowest BCUT2D eigenvalue weighted by Crippen LogP contribution is -2.39. The molecule has 0 spiro atoms. The molecule has 0 fully saturated rings. The number of carbonyl (C=O) groups excluding carboxylic acids is 6. The van der Waals surface area contributed by atoms with Gasteiger partial charge in [-0.2, -0.15) is 0 Å². The smallest absolute Gasteiger partial charge is 0.331 e. The van der Waals surface area contributed by atoms with Crippen molar-refractivity contribution < 1.29 is 57.9 Å². The molecular weight excluding hydrogens is 668 g/mol. The number of ether oxygens (including phenoxy) is 4. The lowest BCUT2D eigenvalue weighted by atomic mass is 10.1. The van der Waals surface area contributed by atoms with Crippen LogP contribution in [0.15, 0.2) is 48.5 Å². The van der Waals surface area contributed by atoms with Crippen LogP contribution >= 0.6 is 0 Å². The molecule has 2 rings (SSSR count). The summed E-state index contributed by atoms with van der Waals surface area (Å²) in [7, 11) is 1.53. The number of nitrogens with zero attached hydrogens (tertiary/aromatic N) is 2. The fourth-order valence-electron chi connectivity index (χ4n) is 4.53.